The van der Waals surface area contributed by atoms with Gasteiger partial charge in [0.05, 0.1) is 6.10 Å². The lowest BCUT2D eigenvalue weighted by Gasteiger charge is -2.36. The van der Waals surface area contributed by atoms with E-state index < -0.39 is 6.10 Å². The van der Waals surface area contributed by atoms with E-state index in [1.165, 1.54) is 12.8 Å². The van der Waals surface area contributed by atoms with Crippen LogP contribution >= 0.6 is 0 Å². The Morgan fingerprint density at radius 2 is 1.73 bits per heavy atom. The van der Waals surface area contributed by atoms with Gasteiger partial charge in [0.15, 0.2) is 0 Å². The van der Waals surface area contributed by atoms with Crippen molar-refractivity contribution in [1.29, 1.82) is 0 Å². The van der Waals surface area contributed by atoms with Gasteiger partial charge in [0, 0.05) is 38.6 Å². The van der Waals surface area contributed by atoms with E-state index >= 15 is 0 Å². The van der Waals surface area contributed by atoms with E-state index in [9.17, 15) is 9.90 Å². The summed E-state index contributed by atoms with van der Waals surface area (Å²) in [5.41, 5.74) is 0.965. The van der Waals surface area contributed by atoms with Crippen molar-refractivity contribution in [3.63, 3.8) is 0 Å². The van der Waals surface area contributed by atoms with Crippen LogP contribution in [0.15, 0.2) is 30.3 Å². The van der Waals surface area contributed by atoms with Gasteiger partial charge in [-0.15, -0.1) is 0 Å². The number of carbonyl (C=O) groups excluding carboxylic acids is 1. The topological polar surface area (TPSA) is 43.8 Å². The summed E-state index contributed by atoms with van der Waals surface area (Å²) >= 11 is 0. The number of carbonyl (C=O) groups is 1. The van der Waals surface area contributed by atoms with E-state index in [0.717, 1.165) is 44.6 Å². The Bertz CT molecular complexity index is 477. The molecule has 1 N–H and O–H groups in total. The molecular weight excluding hydrogens is 276 g/mol. The zero-order chi connectivity index (χ0) is 15.4. The van der Waals surface area contributed by atoms with Gasteiger partial charge in [-0.25, -0.2) is 0 Å². The molecule has 1 amide bonds. The first-order chi connectivity index (χ1) is 10.7. The van der Waals surface area contributed by atoms with Crippen LogP contribution in [0.5, 0.6) is 0 Å². The number of piperazine rings is 1. The van der Waals surface area contributed by atoms with E-state index in [2.05, 4.69) is 4.90 Å². The summed E-state index contributed by atoms with van der Waals surface area (Å²) in [4.78, 5) is 16.7. The Kier molecular flexibility index (Phi) is 5.11. The lowest BCUT2D eigenvalue weighted by Crippen LogP contribution is -2.50. The van der Waals surface area contributed by atoms with Gasteiger partial charge in [0.2, 0.25) is 5.91 Å². The van der Waals surface area contributed by atoms with Gasteiger partial charge in [-0.05, 0) is 18.4 Å². The number of hydrogen-bond donors (Lipinski definition) is 1. The Balaban J connectivity index is 1.46. The van der Waals surface area contributed by atoms with Crippen molar-refractivity contribution in [2.24, 2.45) is 5.92 Å². The standard InChI is InChI=1S/C18H26N2O2/c21-17(15-6-2-1-3-7-15)14-19-10-12-20(13-11-19)18(22)16-8-4-5-9-16/h1-3,6-7,16-17,21H,4-5,8-14H2. The van der Waals surface area contributed by atoms with Crippen LogP contribution in [-0.2, 0) is 4.79 Å². The summed E-state index contributed by atoms with van der Waals surface area (Å²) in [7, 11) is 0. The molecular formula is C18H26N2O2. The molecule has 1 saturated carbocycles. The first kappa shape index (κ1) is 15.5. The van der Waals surface area contributed by atoms with Gasteiger partial charge in [0.25, 0.3) is 0 Å². The maximum Gasteiger partial charge on any atom is 0.225 e. The molecule has 4 heteroatoms. The molecule has 2 fully saturated rings. The highest BCUT2D eigenvalue weighted by Crippen LogP contribution is 2.27. The summed E-state index contributed by atoms with van der Waals surface area (Å²) in [5.74, 6) is 0.641. The SMILES string of the molecule is O=C(C1CCCC1)N1CCN(CC(O)c2ccccc2)CC1. The van der Waals surface area contributed by atoms with Crippen LogP contribution in [0.4, 0.5) is 0 Å². The minimum atomic E-state index is -0.446. The van der Waals surface area contributed by atoms with E-state index in [1.54, 1.807) is 0 Å². The number of nitrogens with zero attached hydrogens (tertiary/aromatic N) is 2. The van der Waals surface area contributed by atoms with Crippen molar-refractivity contribution >= 4 is 5.91 Å². The summed E-state index contributed by atoms with van der Waals surface area (Å²) in [6.45, 7) is 3.98. The van der Waals surface area contributed by atoms with Crippen molar-refractivity contribution in [3.05, 3.63) is 35.9 Å². The molecule has 22 heavy (non-hydrogen) atoms. The Morgan fingerprint density at radius 3 is 2.36 bits per heavy atom. The summed E-state index contributed by atoms with van der Waals surface area (Å²) in [6, 6.07) is 9.80. The third-order valence-electron chi connectivity index (χ3n) is 5.00. The third-order valence-corrected chi connectivity index (χ3v) is 5.00. The molecule has 0 spiro atoms. The quantitative estimate of drug-likeness (QED) is 0.926. The van der Waals surface area contributed by atoms with E-state index in [-0.39, 0.29) is 5.92 Å². The Hall–Kier alpha value is -1.39. The van der Waals surface area contributed by atoms with Crippen molar-refractivity contribution in [1.82, 2.24) is 9.80 Å². The number of aliphatic hydroxyl groups excluding tert-OH is 1. The second-order valence-electron chi connectivity index (χ2n) is 6.53. The molecule has 1 heterocycles. The number of aliphatic hydroxyl groups is 1. The number of benzene rings is 1. The number of rotatable bonds is 4. The van der Waals surface area contributed by atoms with Crippen LogP contribution in [0.2, 0.25) is 0 Å². The number of hydrogen-bond acceptors (Lipinski definition) is 3. The number of β-amino-alcohol motifs (C(OH)–C–C–N with tert-alkyl or cyclic N) is 1. The maximum atomic E-state index is 12.4. The van der Waals surface area contributed by atoms with Crippen LogP contribution < -0.4 is 0 Å². The molecule has 1 saturated heterocycles. The molecule has 0 radical (unpaired) electrons. The first-order valence-electron chi connectivity index (χ1n) is 8.48. The van der Waals surface area contributed by atoms with Gasteiger partial charge in [-0.3, -0.25) is 9.69 Å². The fourth-order valence-corrected chi connectivity index (χ4v) is 3.61. The van der Waals surface area contributed by atoms with Crippen LogP contribution in [0.1, 0.15) is 37.4 Å². The second-order valence-corrected chi connectivity index (χ2v) is 6.53. The fraction of sp³-hybridized carbons (Fsp3) is 0.611. The molecule has 1 aliphatic carbocycles. The zero-order valence-corrected chi connectivity index (χ0v) is 13.2. The van der Waals surface area contributed by atoms with Crippen molar-refractivity contribution in [2.75, 3.05) is 32.7 Å². The molecule has 1 unspecified atom stereocenters. The molecule has 3 rings (SSSR count). The molecule has 1 atom stereocenters. The summed E-state index contributed by atoms with van der Waals surface area (Å²) < 4.78 is 0. The zero-order valence-electron chi connectivity index (χ0n) is 13.2. The van der Waals surface area contributed by atoms with Gasteiger partial charge < -0.3 is 10.0 Å². The van der Waals surface area contributed by atoms with Crippen LogP contribution in [0, 0.1) is 5.92 Å². The van der Waals surface area contributed by atoms with Crippen molar-refractivity contribution in [2.45, 2.75) is 31.8 Å². The van der Waals surface area contributed by atoms with Gasteiger partial charge in [-0.1, -0.05) is 43.2 Å². The van der Waals surface area contributed by atoms with E-state index in [4.69, 9.17) is 0 Å². The number of amides is 1. The second kappa shape index (κ2) is 7.25. The third kappa shape index (κ3) is 3.68. The highest BCUT2D eigenvalue weighted by atomic mass is 16.3. The predicted molar refractivity (Wildman–Crippen MR) is 86.4 cm³/mol. The van der Waals surface area contributed by atoms with E-state index in [0.29, 0.717) is 12.5 Å². The summed E-state index contributed by atoms with van der Waals surface area (Å²) in [6.07, 6.45) is 4.12. The lowest BCUT2D eigenvalue weighted by molar-refractivity contribution is -0.137. The predicted octanol–water partition coefficient (Wildman–Crippen LogP) is 2.05. The average Bonchev–Trinajstić information content (AvgIpc) is 3.10. The average molecular weight is 302 g/mol. The molecule has 1 aromatic carbocycles. The minimum Gasteiger partial charge on any atom is -0.387 e. The van der Waals surface area contributed by atoms with Crippen molar-refractivity contribution in [3.8, 4) is 0 Å². The van der Waals surface area contributed by atoms with Gasteiger partial charge in [-0.2, -0.15) is 0 Å². The normalized spacial score (nSPS) is 22.0. The molecule has 2 aliphatic rings. The minimum absolute atomic E-state index is 0.279. The van der Waals surface area contributed by atoms with Gasteiger partial charge >= 0.3 is 0 Å². The molecule has 1 aromatic rings. The maximum absolute atomic E-state index is 12.4. The van der Waals surface area contributed by atoms with Crippen LogP contribution in [0.25, 0.3) is 0 Å². The molecule has 4 nitrogen and oxygen atoms in total. The van der Waals surface area contributed by atoms with Crippen LogP contribution in [0.3, 0.4) is 0 Å². The molecule has 0 aromatic heterocycles. The van der Waals surface area contributed by atoms with Crippen molar-refractivity contribution < 1.29 is 9.90 Å². The van der Waals surface area contributed by atoms with Gasteiger partial charge in [0.1, 0.15) is 0 Å². The highest BCUT2D eigenvalue weighted by Gasteiger charge is 2.29. The Morgan fingerprint density at radius 1 is 1.09 bits per heavy atom. The summed E-state index contributed by atoms with van der Waals surface area (Å²) in [5, 5.41) is 10.3. The highest BCUT2D eigenvalue weighted by molar-refractivity contribution is 5.79. The first-order valence-corrected chi connectivity index (χ1v) is 8.48. The largest absolute Gasteiger partial charge is 0.387 e. The molecule has 0 bridgehead atoms. The molecule has 120 valence electrons. The monoisotopic (exact) mass is 302 g/mol. The fourth-order valence-electron chi connectivity index (χ4n) is 3.61. The lowest BCUT2D eigenvalue weighted by atomic mass is 10.1. The molecule has 1 aliphatic heterocycles. The smallest absolute Gasteiger partial charge is 0.225 e. The van der Waals surface area contributed by atoms with E-state index in [1.807, 2.05) is 35.2 Å². The Labute approximate surface area is 132 Å². The van der Waals surface area contributed by atoms with Crippen LogP contribution in [-0.4, -0.2) is 53.5 Å².